The Kier molecular flexibility index (Phi) is 4.42. The van der Waals surface area contributed by atoms with E-state index in [9.17, 15) is 13.2 Å². The standard InChI is InChI=1S/C14H16N2O4S/c1-21(19,20)12-4-2-11(3-5-12)10-13-15-7-9-16(13)8-6-14(17)18/h2-5,7,9H,6,8,10H2,1H3,(H,17,18). The Hall–Kier alpha value is -2.15. The van der Waals surface area contributed by atoms with Crippen LogP contribution in [0.4, 0.5) is 0 Å². The third-order valence-corrected chi connectivity index (χ3v) is 4.21. The van der Waals surface area contributed by atoms with E-state index in [2.05, 4.69) is 4.98 Å². The molecule has 0 bridgehead atoms. The highest BCUT2D eigenvalue weighted by molar-refractivity contribution is 7.90. The lowest BCUT2D eigenvalue weighted by molar-refractivity contribution is -0.137. The largest absolute Gasteiger partial charge is 0.481 e. The Morgan fingerprint density at radius 2 is 1.95 bits per heavy atom. The summed E-state index contributed by atoms with van der Waals surface area (Å²) >= 11 is 0. The van der Waals surface area contributed by atoms with E-state index in [1.165, 1.54) is 6.26 Å². The number of aliphatic carboxylic acids is 1. The summed E-state index contributed by atoms with van der Waals surface area (Å²) in [4.78, 5) is 15.1. The van der Waals surface area contributed by atoms with Gasteiger partial charge in [-0.3, -0.25) is 4.79 Å². The maximum atomic E-state index is 11.4. The number of aryl methyl sites for hydroxylation is 1. The van der Waals surface area contributed by atoms with Crippen LogP contribution in [-0.2, 0) is 27.6 Å². The van der Waals surface area contributed by atoms with Crippen LogP contribution in [0.25, 0.3) is 0 Å². The molecule has 112 valence electrons. The van der Waals surface area contributed by atoms with Gasteiger partial charge in [0.25, 0.3) is 0 Å². The fourth-order valence-electron chi connectivity index (χ4n) is 1.96. The molecule has 0 aliphatic heterocycles. The molecular weight excluding hydrogens is 292 g/mol. The van der Waals surface area contributed by atoms with E-state index < -0.39 is 15.8 Å². The van der Waals surface area contributed by atoms with Crippen LogP contribution < -0.4 is 0 Å². The molecule has 7 heteroatoms. The minimum absolute atomic E-state index is 0.0381. The first kappa shape index (κ1) is 15.2. The van der Waals surface area contributed by atoms with E-state index in [4.69, 9.17) is 5.11 Å². The predicted molar refractivity (Wildman–Crippen MR) is 76.8 cm³/mol. The summed E-state index contributed by atoms with van der Waals surface area (Å²) in [7, 11) is -3.19. The molecule has 0 radical (unpaired) electrons. The smallest absolute Gasteiger partial charge is 0.305 e. The van der Waals surface area contributed by atoms with Gasteiger partial charge >= 0.3 is 5.97 Å². The zero-order valence-corrected chi connectivity index (χ0v) is 12.4. The minimum Gasteiger partial charge on any atom is -0.481 e. The number of rotatable bonds is 6. The van der Waals surface area contributed by atoms with Crippen LogP contribution >= 0.6 is 0 Å². The average molecular weight is 308 g/mol. The number of hydrogen-bond acceptors (Lipinski definition) is 4. The van der Waals surface area contributed by atoms with Crippen molar-refractivity contribution in [2.24, 2.45) is 0 Å². The Bertz CT molecular complexity index is 733. The quantitative estimate of drug-likeness (QED) is 0.870. The molecule has 0 amide bonds. The lowest BCUT2D eigenvalue weighted by Crippen LogP contribution is -2.08. The number of sulfone groups is 1. The number of benzene rings is 1. The first-order valence-electron chi connectivity index (χ1n) is 6.37. The lowest BCUT2D eigenvalue weighted by Gasteiger charge is -2.07. The topological polar surface area (TPSA) is 89.3 Å². The molecule has 2 aromatic rings. The van der Waals surface area contributed by atoms with Gasteiger partial charge in [-0.2, -0.15) is 0 Å². The molecule has 0 unspecified atom stereocenters. The monoisotopic (exact) mass is 308 g/mol. The van der Waals surface area contributed by atoms with Gasteiger partial charge in [-0.25, -0.2) is 13.4 Å². The van der Waals surface area contributed by atoms with E-state index in [0.29, 0.717) is 13.0 Å². The van der Waals surface area contributed by atoms with Crippen LogP contribution in [-0.4, -0.2) is 35.3 Å². The first-order chi connectivity index (χ1) is 9.86. The second kappa shape index (κ2) is 6.09. The summed E-state index contributed by atoms with van der Waals surface area (Å²) in [6.07, 6.45) is 5.10. The maximum absolute atomic E-state index is 11.4. The van der Waals surface area contributed by atoms with Crippen molar-refractivity contribution in [2.45, 2.75) is 24.3 Å². The normalized spacial score (nSPS) is 11.5. The van der Waals surface area contributed by atoms with Crippen LogP contribution in [0.3, 0.4) is 0 Å². The summed E-state index contributed by atoms with van der Waals surface area (Å²) in [6.45, 7) is 0.367. The fourth-order valence-corrected chi connectivity index (χ4v) is 2.59. The molecule has 0 saturated carbocycles. The lowest BCUT2D eigenvalue weighted by atomic mass is 10.1. The van der Waals surface area contributed by atoms with Crippen LogP contribution in [0.2, 0.25) is 0 Å². The van der Waals surface area contributed by atoms with E-state index in [1.807, 2.05) is 0 Å². The average Bonchev–Trinajstić information content (AvgIpc) is 2.83. The third kappa shape index (κ3) is 4.16. The van der Waals surface area contributed by atoms with Gasteiger partial charge in [0.15, 0.2) is 9.84 Å². The molecule has 0 saturated heterocycles. The number of hydrogen-bond donors (Lipinski definition) is 1. The summed E-state index contributed by atoms with van der Waals surface area (Å²) < 4.78 is 24.6. The summed E-state index contributed by atoms with van der Waals surface area (Å²) in [5.74, 6) is -0.101. The second-order valence-corrected chi connectivity index (χ2v) is 6.79. The summed E-state index contributed by atoms with van der Waals surface area (Å²) in [5, 5.41) is 8.71. The van der Waals surface area contributed by atoms with Crippen molar-refractivity contribution < 1.29 is 18.3 Å². The number of carbonyl (C=O) groups is 1. The van der Waals surface area contributed by atoms with Crippen molar-refractivity contribution in [1.29, 1.82) is 0 Å². The second-order valence-electron chi connectivity index (χ2n) is 4.77. The summed E-state index contributed by atoms with van der Waals surface area (Å²) in [6, 6.07) is 6.61. The molecule has 1 aromatic carbocycles. The van der Waals surface area contributed by atoms with Gasteiger partial charge in [0.1, 0.15) is 5.82 Å². The van der Waals surface area contributed by atoms with Gasteiger partial charge in [0, 0.05) is 31.6 Å². The molecule has 1 heterocycles. The van der Waals surface area contributed by atoms with Crippen LogP contribution in [0.5, 0.6) is 0 Å². The number of imidazole rings is 1. The van der Waals surface area contributed by atoms with Crippen LogP contribution in [0.1, 0.15) is 17.8 Å². The fraction of sp³-hybridized carbons (Fsp3) is 0.286. The zero-order valence-electron chi connectivity index (χ0n) is 11.6. The third-order valence-electron chi connectivity index (χ3n) is 3.08. The molecule has 0 aliphatic rings. The van der Waals surface area contributed by atoms with Gasteiger partial charge in [0.05, 0.1) is 11.3 Å². The molecule has 1 N–H and O–H groups in total. The SMILES string of the molecule is CS(=O)(=O)c1ccc(Cc2nccn2CCC(=O)O)cc1. The molecular formula is C14H16N2O4S. The van der Waals surface area contributed by atoms with Crippen molar-refractivity contribution in [1.82, 2.24) is 9.55 Å². The first-order valence-corrected chi connectivity index (χ1v) is 8.26. The van der Waals surface area contributed by atoms with Crippen LogP contribution in [0, 0.1) is 0 Å². The molecule has 1 aromatic heterocycles. The minimum atomic E-state index is -3.19. The molecule has 0 spiro atoms. The van der Waals surface area contributed by atoms with Crippen molar-refractivity contribution in [3.05, 3.63) is 48.0 Å². The Balaban J connectivity index is 2.12. The Morgan fingerprint density at radius 1 is 1.29 bits per heavy atom. The highest BCUT2D eigenvalue weighted by atomic mass is 32.2. The highest BCUT2D eigenvalue weighted by Crippen LogP contribution is 2.13. The van der Waals surface area contributed by atoms with E-state index in [-0.39, 0.29) is 11.3 Å². The summed E-state index contributed by atoms with van der Waals surface area (Å²) in [5.41, 5.74) is 0.921. The van der Waals surface area contributed by atoms with Crippen molar-refractivity contribution in [3.8, 4) is 0 Å². The Morgan fingerprint density at radius 3 is 2.52 bits per heavy atom. The molecule has 0 aliphatic carbocycles. The molecule has 2 rings (SSSR count). The molecule has 21 heavy (non-hydrogen) atoms. The Labute approximate surface area is 123 Å². The maximum Gasteiger partial charge on any atom is 0.305 e. The number of aromatic nitrogens is 2. The van der Waals surface area contributed by atoms with Gasteiger partial charge in [-0.15, -0.1) is 0 Å². The van der Waals surface area contributed by atoms with Gasteiger partial charge < -0.3 is 9.67 Å². The number of carboxylic acid groups (broad SMARTS) is 1. The molecule has 0 fully saturated rings. The number of carboxylic acids is 1. The predicted octanol–water partition coefficient (Wildman–Crippen LogP) is 1.35. The van der Waals surface area contributed by atoms with Crippen molar-refractivity contribution in [3.63, 3.8) is 0 Å². The van der Waals surface area contributed by atoms with Gasteiger partial charge in [-0.05, 0) is 17.7 Å². The van der Waals surface area contributed by atoms with Crippen LogP contribution in [0.15, 0.2) is 41.6 Å². The van der Waals surface area contributed by atoms with Gasteiger partial charge in [0.2, 0.25) is 0 Å². The zero-order chi connectivity index (χ0) is 15.5. The highest BCUT2D eigenvalue weighted by Gasteiger charge is 2.09. The molecule has 6 nitrogen and oxygen atoms in total. The van der Waals surface area contributed by atoms with E-state index >= 15 is 0 Å². The number of nitrogens with zero attached hydrogens (tertiary/aromatic N) is 2. The molecule has 0 atom stereocenters. The van der Waals surface area contributed by atoms with Gasteiger partial charge in [-0.1, -0.05) is 12.1 Å². The van der Waals surface area contributed by atoms with Crippen molar-refractivity contribution in [2.75, 3.05) is 6.26 Å². The van der Waals surface area contributed by atoms with E-state index in [1.54, 1.807) is 41.2 Å². The van der Waals surface area contributed by atoms with Crippen molar-refractivity contribution >= 4 is 15.8 Å². The van der Waals surface area contributed by atoms with E-state index in [0.717, 1.165) is 11.4 Å².